The Hall–Kier alpha value is -3.32. The molecule has 1 N–H and O–H groups in total. The van der Waals surface area contributed by atoms with Gasteiger partial charge in [0.25, 0.3) is 5.91 Å². The van der Waals surface area contributed by atoms with Crippen LogP contribution in [-0.2, 0) is 14.8 Å². The summed E-state index contributed by atoms with van der Waals surface area (Å²) in [5, 5.41) is 3.10. The molecule has 0 spiro atoms. The Labute approximate surface area is 188 Å². The summed E-state index contributed by atoms with van der Waals surface area (Å²) in [7, 11) is -3.57. The molecule has 0 radical (unpaired) electrons. The van der Waals surface area contributed by atoms with Gasteiger partial charge in [0.2, 0.25) is 10.0 Å². The van der Waals surface area contributed by atoms with Gasteiger partial charge in [0.05, 0.1) is 24.0 Å². The quantitative estimate of drug-likeness (QED) is 0.620. The minimum Gasteiger partial charge on any atom is -0.476 e. The summed E-state index contributed by atoms with van der Waals surface area (Å²) >= 11 is 0. The molecule has 1 amide bonds. The van der Waals surface area contributed by atoms with Crippen molar-refractivity contribution in [3.8, 4) is 5.75 Å². The smallest absolute Gasteiger partial charge is 0.263 e. The van der Waals surface area contributed by atoms with E-state index in [9.17, 15) is 13.2 Å². The van der Waals surface area contributed by atoms with Gasteiger partial charge < -0.3 is 10.1 Å². The van der Waals surface area contributed by atoms with Gasteiger partial charge in [-0.05, 0) is 42.7 Å². The average molecular weight is 451 g/mol. The molecular weight excluding hydrogens is 424 g/mol. The van der Waals surface area contributed by atoms with E-state index in [1.54, 1.807) is 31.2 Å². The van der Waals surface area contributed by atoms with Crippen LogP contribution in [0.15, 0.2) is 78.9 Å². The van der Waals surface area contributed by atoms with Gasteiger partial charge in [-0.3, -0.25) is 9.10 Å². The number of fused-ring (bicyclic) bond motifs is 1. The maximum Gasteiger partial charge on any atom is 0.263 e. The van der Waals surface area contributed by atoms with Crippen LogP contribution < -0.4 is 14.4 Å². The number of benzene rings is 3. The van der Waals surface area contributed by atoms with Crippen molar-refractivity contribution in [3.05, 3.63) is 95.6 Å². The van der Waals surface area contributed by atoms with Gasteiger partial charge in [0, 0.05) is 0 Å². The molecule has 0 saturated carbocycles. The molecule has 1 aliphatic rings. The minimum atomic E-state index is -3.57. The summed E-state index contributed by atoms with van der Waals surface area (Å²) < 4.78 is 32.7. The van der Waals surface area contributed by atoms with E-state index in [0.29, 0.717) is 11.4 Å². The predicted octanol–water partition coefficient (Wildman–Crippen LogP) is 3.82. The van der Waals surface area contributed by atoms with E-state index in [1.807, 2.05) is 61.5 Å². The Morgan fingerprint density at radius 2 is 1.69 bits per heavy atom. The number of rotatable bonds is 6. The number of hydrogen-bond donors (Lipinski definition) is 1. The van der Waals surface area contributed by atoms with Crippen LogP contribution >= 0.6 is 0 Å². The monoisotopic (exact) mass is 450 g/mol. The van der Waals surface area contributed by atoms with Crippen LogP contribution in [0.3, 0.4) is 0 Å². The molecule has 1 heterocycles. The van der Waals surface area contributed by atoms with Crippen molar-refractivity contribution in [2.45, 2.75) is 26.0 Å². The van der Waals surface area contributed by atoms with E-state index in [1.165, 1.54) is 4.31 Å². The van der Waals surface area contributed by atoms with Crippen LogP contribution in [0.1, 0.15) is 29.7 Å². The molecule has 166 valence electrons. The van der Waals surface area contributed by atoms with E-state index >= 15 is 0 Å². The molecule has 4 rings (SSSR count). The molecule has 6 nitrogen and oxygen atoms in total. The first-order valence-electron chi connectivity index (χ1n) is 10.6. The molecular formula is C25H26N2O4S. The van der Waals surface area contributed by atoms with Gasteiger partial charge in [0.1, 0.15) is 5.75 Å². The molecule has 2 atom stereocenters. The summed E-state index contributed by atoms with van der Waals surface area (Å²) in [5.41, 5.74) is 3.41. The molecule has 0 aromatic heterocycles. The number of para-hydroxylation sites is 2. The second kappa shape index (κ2) is 9.04. The number of carbonyl (C=O) groups excluding carboxylic acids is 1. The lowest BCUT2D eigenvalue weighted by molar-refractivity contribution is -0.128. The van der Waals surface area contributed by atoms with E-state index in [-0.39, 0.29) is 24.2 Å². The number of aryl methyl sites for hydroxylation is 1. The summed E-state index contributed by atoms with van der Waals surface area (Å²) in [4.78, 5) is 13.4. The standard InChI is InChI=1S/C25H26N2O4S/c1-3-32(29,30)27-17-23(31-22-16-10-9-15-21(22)27)25(28)26-24(19-12-5-4-6-13-19)20-14-8-7-11-18(20)2/h4-16,23-24H,3,17H2,1-2H3,(H,26,28). The molecule has 0 fully saturated rings. The van der Waals surface area contributed by atoms with Crippen LogP contribution in [0, 0.1) is 6.92 Å². The third-order valence-corrected chi connectivity index (χ3v) is 7.39. The number of ether oxygens (including phenoxy) is 1. The van der Waals surface area contributed by atoms with Crippen LogP contribution in [0.4, 0.5) is 5.69 Å². The van der Waals surface area contributed by atoms with Crippen molar-refractivity contribution in [1.82, 2.24) is 5.32 Å². The third kappa shape index (κ3) is 4.34. The highest BCUT2D eigenvalue weighted by Crippen LogP contribution is 2.35. The van der Waals surface area contributed by atoms with Gasteiger partial charge in [-0.25, -0.2) is 8.42 Å². The SMILES string of the molecule is CCS(=O)(=O)N1CC(C(=O)NC(c2ccccc2)c2ccccc2C)Oc2ccccc21. The summed E-state index contributed by atoms with van der Waals surface area (Å²) in [6, 6.07) is 24.1. The summed E-state index contributed by atoms with van der Waals surface area (Å²) in [6.07, 6.45) is -0.971. The second-order valence-electron chi connectivity index (χ2n) is 7.71. The molecule has 0 aliphatic carbocycles. The van der Waals surface area contributed by atoms with Gasteiger partial charge in [-0.15, -0.1) is 0 Å². The van der Waals surface area contributed by atoms with E-state index < -0.39 is 16.1 Å². The molecule has 1 aliphatic heterocycles. The number of nitrogens with zero attached hydrogens (tertiary/aromatic N) is 1. The van der Waals surface area contributed by atoms with Crippen molar-refractivity contribution < 1.29 is 17.9 Å². The zero-order valence-electron chi connectivity index (χ0n) is 18.1. The largest absolute Gasteiger partial charge is 0.476 e. The molecule has 0 saturated heterocycles. The average Bonchev–Trinajstić information content (AvgIpc) is 2.82. The highest BCUT2D eigenvalue weighted by molar-refractivity contribution is 7.92. The lowest BCUT2D eigenvalue weighted by Crippen LogP contribution is -2.51. The fourth-order valence-electron chi connectivity index (χ4n) is 3.89. The number of sulfonamides is 1. The summed E-state index contributed by atoms with van der Waals surface area (Å²) in [6.45, 7) is 3.51. The minimum absolute atomic E-state index is 0.0640. The van der Waals surface area contributed by atoms with E-state index in [2.05, 4.69) is 5.32 Å². The first-order valence-corrected chi connectivity index (χ1v) is 12.2. The zero-order valence-corrected chi connectivity index (χ0v) is 18.9. The molecule has 3 aromatic carbocycles. The zero-order chi connectivity index (χ0) is 22.7. The molecule has 32 heavy (non-hydrogen) atoms. The van der Waals surface area contributed by atoms with Crippen molar-refractivity contribution in [1.29, 1.82) is 0 Å². The van der Waals surface area contributed by atoms with Crippen LogP contribution in [0.5, 0.6) is 5.75 Å². The predicted molar refractivity (Wildman–Crippen MR) is 125 cm³/mol. The lowest BCUT2D eigenvalue weighted by Gasteiger charge is -2.35. The Kier molecular flexibility index (Phi) is 6.19. The number of anilines is 1. The van der Waals surface area contributed by atoms with Crippen molar-refractivity contribution in [3.63, 3.8) is 0 Å². The van der Waals surface area contributed by atoms with E-state index in [4.69, 9.17) is 4.74 Å². The van der Waals surface area contributed by atoms with Crippen LogP contribution in [0.25, 0.3) is 0 Å². The maximum absolute atomic E-state index is 13.4. The lowest BCUT2D eigenvalue weighted by atomic mass is 9.94. The number of carbonyl (C=O) groups is 1. The molecule has 2 unspecified atom stereocenters. The first kappa shape index (κ1) is 21.9. The highest BCUT2D eigenvalue weighted by Gasteiger charge is 2.36. The Bertz CT molecular complexity index is 1210. The maximum atomic E-state index is 13.4. The fourth-order valence-corrected chi connectivity index (χ4v) is 5.01. The fraction of sp³-hybridized carbons (Fsp3) is 0.240. The van der Waals surface area contributed by atoms with Gasteiger partial charge >= 0.3 is 0 Å². The topological polar surface area (TPSA) is 75.7 Å². The number of hydrogen-bond acceptors (Lipinski definition) is 4. The van der Waals surface area contributed by atoms with Gasteiger partial charge in [-0.2, -0.15) is 0 Å². The molecule has 7 heteroatoms. The van der Waals surface area contributed by atoms with E-state index in [0.717, 1.165) is 16.7 Å². The third-order valence-electron chi connectivity index (χ3n) is 5.65. The highest BCUT2D eigenvalue weighted by atomic mass is 32.2. The summed E-state index contributed by atoms with van der Waals surface area (Å²) in [5.74, 6) is -0.0538. The Balaban J connectivity index is 1.66. The van der Waals surface area contributed by atoms with Gasteiger partial charge in [-0.1, -0.05) is 66.7 Å². The number of nitrogens with one attached hydrogen (secondary N) is 1. The Morgan fingerprint density at radius 3 is 2.41 bits per heavy atom. The molecule has 0 bridgehead atoms. The van der Waals surface area contributed by atoms with Gasteiger partial charge in [0.15, 0.2) is 6.10 Å². The normalized spacial score (nSPS) is 16.6. The Morgan fingerprint density at radius 1 is 1.03 bits per heavy atom. The first-order chi connectivity index (χ1) is 15.4. The van der Waals surface area contributed by atoms with Crippen LogP contribution in [0.2, 0.25) is 0 Å². The number of amides is 1. The van der Waals surface area contributed by atoms with Crippen LogP contribution in [-0.4, -0.2) is 32.7 Å². The van der Waals surface area contributed by atoms with Crippen molar-refractivity contribution >= 4 is 21.6 Å². The van der Waals surface area contributed by atoms with Crippen molar-refractivity contribution in [2.24, 2.45) is 0 Å². The van der Waals surface area contributed by atoms with Crippen molar-refractivity contribution in [2.75, 3.05) is 16.6 Å². The molecule has 3 aromatic rings. The second-order valence-corrected chi connectivity index (χ2v) is 9.90.